The van der Waals surface area contributed by atoms with Gasteiger partial charge in [0.05, 0.1) is 4.90 Å². The maximum absolute atomic E-state index is 5.50. The fraction of sp³-hybridized carbons (Fsp3) is 0.455. The molecule has 1 atom stereocenters. The molecule has 1 N–H and O–H groups in total. The lowest BCUT2D eigenvalue weighted by Gasteiger charge is -2.10. The number of hydrogen-bond acceptors (Lipinski definition) is 3. The molecule has 2 nitrogen and oxygen atoms in total. The number of likely N-dealkylation sites (N-methyl/N-ethyl adjacent to an activating group) is 1. The summed E-state index contributed by atoms with van der Waals surface area (Å²) in [4.78, 5) is 1.27. The molecule has 0 aromatic heterocycles. The molecule has 0 amide bonds. The summed E-state index contributed by atoms with van der Waals surface area (Å²) in [6.07, 6.45) is 1.05. The van der Waals surface area contributed by atoms with Crippen LogP contribution in [0.2, 0.25) is 0 Å². The minimum atomic E-state index is 0.516. The highest BCUT2D eigenvalue weighted by atomic mass is 32.2. The highest BCUT2D eigenvalue weighted by Gasteiger charge is 2.13. The second kappa shape index (κ2) is 4.24. The van der Waals surface area contributed by atoms with E-state index in [1.54, 1.807) is 11.8 Å². The molecule has 0 saturated carbocycles. The first kappa shape index (κ1) is 9.87. The van der Waals surface area contributed by atoms with Gasteiger partial charge in [0, 0.05) is 6.04 Å². The van der Waals surface area contributed by atoms with E-state index in [-0.39, 0.29) is 0 Å². The van der Waals surface area contributed by atoms with Gasteiger partial charge in [-0.25, -0.2) is 0 Å². The lowest BCUT2D eigenvalue weighted by Crippen LogP contribution is -2.23. The standard InChI is InChI=1S/C11H15NOS/c1-8(12-2)5-9-3-4-11-10(6-9)13-7-14-11/h3-4,6,8,12H,5,7H2,1-2H3. The number of benzene rings is 1. The molecule has 0 radical (unpaired) electrons. The fourth-order valence-corrected chi connectivity index (χ4v) is 2.26. The Labute approximate surface area is 89.0 Å². The maximum atomic E-state index is 5.50. The van der Waals surface area contributed by atoms with Crippen molar-refractivity contribution >= 4 is 11.8 Å². The molecule has 0 fully saturated rings. The Kier molecular flexibility index (Phi) is 2.99. The van der Waals surface area contributed by atoms with Crippen LogP contribution < -0.4 is 10.1 Å². The van der Waals surface area contributed by atoms with Crippen LogP contribution in [0.3, 0.4) is 0 Å². The molecule has 1 aromatic rings. The number of thioether (sulfide) groups is 1. The van der Waals surface area contributed by atoms with Crippen LogP contribution in [0.25, 0.3) is 0 Å². The van der Waals surface area contributed by atoms with E-state index >= 15 is 0 Å². The number of hydrogen-bond donors (Lipinski definition) is 1. The van der Waals surface area contributed by atoms with Crippen LogP contribution in [0.15, 0.2) is 23.1 Å². The summed E-state index contributed by atoms with van der Waals surface area (Å²) in [5, 5.41) is 3.24. The Bertz CT molecular complexity index is 327. The van der Waals surface area contributed by atoms with Crippen LogP contribution in [0, 0.1) is 0 Å². The smallest absolute Gasteiger partial charge is 0.138 e. The van der Waals surface area contributed by atoms with Crippen LogP contribution in [0.1, 0.15) is 12.5 Å². The van der Waals surface area contributed by atoms with E-state index in [1.165, 1.54) is 10.5 Å². The first-order valence-electron chi connectivity index (χ1n) is 4.85. The molecule has 1 aliphatic rings. The molecule has 1 aliphatic heterocycles. The van der Waals surface area contributed by atoms with Gasteiger partial charge in [-0.05, 0) is 38.1 Å². The minimum Gasteiger partial charge on any atom is -0.481 e. The molecular formula is C11H15NOS. The molecule has 0 spiro atoms. The van der Waals surface area contributed by atoms with E-state index in [9.17, 15) is 0 Å². The first-order valence-corrected chi connectivity index (χ1v) is 5.84. The predicted molar refractivity (Wildman–Crippen MR) is 60.0 cm³/mol. The Morgan fingerprint density at radius 1 is 1.57 bits per heavy atom. The van der Waals surface area contributed by atoms with Gasteiger partial charge >= 0.3 is 0 Å². The lowest BCUT2D eigenvalue weighted by atomic mass is 10.1. The highest BCUT2D eigenvalue weighted by Crippen LogP contribution is 2.36. The quantitative estimate of drug-likeness (QED) is 0.825. The average Bonchev–Trinajstić information content (AvgIpc) is 2.64. The predicted octanol–water partition coefficient (Wildman–Crippen LogP) is 2.28. The second-order valence-corrected chi connectivity index (χ2v) is 4.55. The van der Waals surface area contributed by atoms with Gasteiger partial charge in [-0.2, -0.15) is 0 Å². The van der Waals surface area contributed by atoms with E-state index in [0.717, 1.165) is 18.1 Å². The zero-order valence-corrected chi connectivity index (χ0v) is 9.36. The van der Waals surface area contributed by atoms with Gasteiger partial charge in [0.15, 0.2) is 0 Å². The zero-order chi connectivity index (χ0) is 9.97. The van der Waals surface area contributed by atoms with Crippen molar-refractivity contribution in [2.45, 2.75) is 24.3 Å². The van der Waals surface area contributed by atoms with Crippen LogP contribution in [-0.2, 0) is 6.42 Å². The van der Waals surface area contributed by atoms with Crippen molar-refractivity contribution in [3.63, 3.8) is 0 Å². The third-order valence-electron chi connectivity index (χ3n) is 2.47. The monoisotopic (exact) mass is 209 g/mol. The maximum Gasteiger partial charge on any atom is 0.138 e. The van der Waals surface area contributed by atoms with Crippen molar-refractivity contribution in [1.29, 1.82) is 0 Å². The summed E-state index contributed by atoms with van der Waals surface area (Å²) in [5.74, 6) is 1.82. The van der Waals surface area contributed by atoms with Crippen molar-refractivity contribution in [2.75, 3.05) is 13.0 Å². The molecular weight excluding hydrogens is 194 g/mol. The van der Waals surface area contributed by atoms with E-state index in [1.807, 2.05) is 7.05 Å². The van der Waals surface area contributed by atoms with Crippen molar-refractivity contribution in [2.24, 2.45) is 0 Å². The molecule has 1 aromatic carbocycles. The molecule has 1 unspecified atom stereocenters. The van der Waals surface area contributed by atoms with Gasteiger partial charge in [0.1, 0.15) is 11.7 Å². The summed E-state index contributed by atoms with van der Waals surface area (Å²) in [7, 11) is 1.99. The fourth-order valence-electron chi connectivity index (χ4n) is 1.52. The molecule has 0 saturated heterocycles. The summed E-state index contributed by atoms with van der Waals surface area (Å²) < 4.78 is 5.50. The van der Waals surface area contributed by atoms with E-state index in [4.69, 9.17) is 4.74 Å². The summed E-state index contributed by atoms with van der Waals surface area (Å²) in [5.41, 5.74) is 1.34. The van der Waals surface area contributed by atoms with Crippen molar-refractivity contribution in [3.05, 3.63) is 23.8 Å². The zero-order valence-electron chi connectivity index (χ0n) is 8.54. The van der Waals surface area contributed by atoms with Gasteiger partial charge in [0.25, 0.3) is 0 Å². The van der Waals surface area contributed by atoms with Gasteiger partial charge in [-0.3, -0.25) is 0 Å². The van der Waals surface area contributed by atoms with E-state index < -0.39 is 0 Å². The van der Waals surface area contributed by atoms with E-state index in [2.05, 4.69) is 30.4 Å². The molecule has 14 heavy (non-hydrogen) atoms. The second-order valence-electron chi connectivity index (χ2n) is 3.58. The minimum absolute atomic E-state index is 0.516. The Morgan fingerprint density at radius 2 is 2.43 bits per heavy atom. The molecule has 0 bridgehead atoms. The topological polar surface area (TPSA) is 21.3 Å². The Balaban J connectivity index is 2.12. The summed E-state index contributed by atoms with van der Waals surface area (Å²) in [6.45, 7) is 2.18. The number of rotatable bonds is 3. The van der Waals surface area contributed by atoms with Crippen LogP contribution in [-0.4, -0.2) is 19.0 Å². The summed E-state index contributed by atoms with van der Waals surface area (Å²) >= 11 is 1.76. The van der Waals surface area contributed by atoms with Gasteiger partial charge in [-0.1, -0.05) is 17.8 Å². The van der Waals surface area contributed by atoms with Crippen LogP contribution in [0.5, 0.6) is 5.75 Å². The molecule has 76 valence electrons. The van der Waals surface area contributed by atoms with Gasteiger partial charge in [-0.15, -0.1) is 0 Å². The largest absolute Gasteiger partial charge is 0.481 e. The van der Waals surface area contributed by atoms with Crippen LogP contribution in [0.4, 0.5) is 0 Å². The first-order chi connectivity index (χ1) is 6.79. The van der Waals surface area contributed by atoms with E-state index in [0.29, 0.717) is 6.04 Å². The van der Waals surface area contributed by atoms with Crippen LogP contribution >= 0.6 is 11.8 Å². The molecule has 0 aliphatic carbocycles. The number of ether oxygens (including phenoxy) is 1. The van der Waals surface area contributed by atoms with Crippen molar-refractivity contribution < 1.29 is 4.74 Å². The Hall–Kier alpha value is -0.670. The van der Waals surface area contributed by atoms with Gasteiger partial charge < -0.3 is 10.1 Å². The third-order valence-corrected chi connectivity index (χ3v) is 3.36. The van der Waals surface area contributed by atoms with Crippen molar-refractivity contribution in [3.8, 4) is 5.75 Å². The number of fused-ring (bicyclic) bond motifs is 1. The van der Waals surface area contributed by atoms with Gasteiger partial charge in [0.2, 0.25) is 0 Å². The normalized spacial score (nSPS) is 16.1. The number of nitrogens with one attached hydrogen (secondary N) is 1. The molecule has 3 heteroatoms. The highest BCUT2D eigenvalue weighted by molar-refractivity contribution is 7.99. The lowest BCUT2D eigenvalue weighted by molar-refractivity contribution is 0.397. The molecule has 1 heterocycles. The average molecular weight is 209 g/mol. The SMILES string of the molecule is CNC(C)Cc1ccc2c(c1)OCS2. The molecule has 2 rings (SSSR count). The van der Waals surface area contributed by atoms with Crippen molar-refractivity contribution in [1.82, 2.24) is 5.32 Å². The summed E-state index contributed by atoms with van der Waals surface area (Å²) in [6, 6.07) is 7.02. The Morgan fingerprint density at radius 3 is 3.21 bits per heavy atom. The third kappa shape index (κ3) is 2.04.